The maximum Gasteiger partial charge on any atom is 0.327 e. The quantitative estimate of drug-likeness (QED) is 0.798. The standard InChI is InChI=1S/C14H22N2O3S/c15-8-14(4-1-5-14)6-11(17)16-10(13(18)19)7-20-12(16)9-2-3-9/h9-10,12H,1-8,15H2,(H,18,19). The average molecular weight is 298 g/mol. The highest BCUT2D eigenvalue weighted by atomic mass is 32.2. The number of nitrogens with two attached hydrogens (primary N) is 1. The van der Waals surface area contributed by atoms with E-state index in [1.54, 1.807) is 16.7 Å². The van der Waals surface area contributed by atoms with Crippen LogP contribution in [0.5, 0.6) is 0 Å². The van der Waals surface area contributed by atoms with Crippen LogP contribution in [0.15, 0.2) is 0 Å². The normalized spacial score (nSPS) is 31.9. The van der Waals surface area contributed by atoms with Gasteiger partial charge in [0.2, 0.25) is 5.91 Å². The molecule has 20 heavy (non-hydrogen) atoms. The minimum Gasteiger partial charge on any atom is -0.480 e. The fourth-order valence-electron chi connectivity index (χ4n) is 3.32. The van der Waals surface area contributed by atoms with Gasteiger partial charge in [-0.25, -0.2) is 4.79 Å². The van der Waals surface area contributed by atoms with E-state index in [1.165, 1.54) is 0 Å². The van der Waals surface area contributed by atoms with Crippen LogP contribution in [0, 0.1) is 11.3 Å². The smallest absolute Gasteiger partial charge is 0.327 e. The third-order valence-corrected chi connectivity index (χ3v) is 6.47. The fourth-order valence-corrected chi connectivity index (χ4v) is 4.97. The number of carboxylic acids is 1. The molecule has 5 nitrogen and oxygen atoms in total. The molecule has 0 radical (unpaired) electrons. The van der Waals surface area contributed by atoms with Gasteiger partial charge in [0.25, 0.3) is 0 Å². The zero-order valence-corrected chi connectivity index (χ0v) is 12.4. The Morgan fingerprint density at radius 3 is 2.50 bits per heavy atom. The van der Waals surface area contributed by atoms with Crippen molar-refractivity contribution < 1.29 is 14.7 Å². The molecule has 3 fully saturated rings. The molecule has 0 spiro atoms. The third-order valence-electron chi connectivity index (χ3n) is 5.01. The summed E-state index contributed by atoms with van der Waals surface area (Å²) in [7, 11) is 0. The van der Waals surface area contributed by atoms with Gasteiger partial charge >= 0.3 is 5.97 Å². The molecule has 0 aromatic rings. The topological polar surface area (TPSA) is 83.6 Å². The summed E-state index contributed by atoms with van der Waals surface area (Å²) in [5.41, 5.74) is 5.77. The molecular weight excluding hydrogens is 276 g/mol. The molecule has 2 unspecified atom stereocenters. The SMILES string of the molecule is NCC1(CC(=O)N2C(C(=O)O)CSC2C2CC2)CCC1. The summed E-state index contributed by atoms with van der Waals surface area (Å²) in [5.74, 6) is 0.162. The van der Waals surface area contributed by atoms with Crippen LogP contribution in [0.2, 0.25) is 0 Å². The Balaban J connectivity index is 1.73. The first kappa shape index (κ1) is 14.2. The molecule has 2 aliphatic carbocycles. The number of carbonyl (C=O) groups excluding carboxylic acids is 1. The lowest BCUT2D eigenvalue weighted by Crippen LogP contribution is -2.50. The summed E-state index contributed by atoms with van der Waals surface area (Å²) in [4.78, 5) is 25.7. The highest BCUT2D eigenvalue weighted by molar-refractivity contribution is 8.00. The first-order chi connectivity index (χ1) is 9.56. The molecule has 3 rings (SSSR count). The largest absolute Gasteiger partial charge is 0.480 e. The molecule has 112 valence electrons. The average Bonchev–Trinajstić information content (AvgIpc) is 3.11. The molecule has 0 aromatic carbocycles. The zero-order chi connectivity index (χ0) is 14.3. The van der Waals surface area contributed by atoms with Crippen molar-refractivity contribution in [2.75, 3.05) is 12.3 Å². The maximum atomic E-state index is 12.7. The zero-order valence-electron chi connectivity index (χ0n) is 11.6. The maximum absolute atomic E-state index is 12.7. The van der Waals surface area contributed by atoms with E-state index in [-0.39, 0.29) is 16.7 Å². The fraction of sp³-hybridized carbons (Fsp3) is 0.857. The monoisotopic (exact) mass is 298 g/mol. The first-order valence-corrected chi connectivity index (χ1v) is 8.47. The van der Waals surface area contributed by atoms with E-state index < -0.39 is 12.0 Å². The van der Waals surface area contributed by atoms with Gasteiger partial charge in [-0.15, -0.1) is 11.8 Å². The number of aliphatic carboxylic acids is 1. The summed E-state index contributed by atoms with van der Waals surface area (Å²) < 4.78 is 0. The molecule has 0 aromatic heterocycles. The lowest BCUT2D eigenvalue weighted by atomic mass is 9.66. The van der Waals surface area contributed by atoms with Gasteiger partial charge in [-0.3, -0.25) is 4.79 Å². The van der Waals surface area contributed by atoms with Crippen molar-refractivity contribution in [1.29, 1.82) is 0 Å². The highest BCUT2D eigenvalue weighted by Crippen LogP contribution is 2.48. The number of amides is 1. The molecule has 6 heteroatoms. The lowest BCUT2D eigenvalue weighted by molar-refractivity contribution is -0.151. The van der Waals surface area contributed by atoms with Crippen LogP contribution in [0.25, 0.3) is 0 Å². The predicted octanol–water partition coefficient (Wildman–Crippen LogP) is 1.27. The van der Waals surface area contributed by atoms with E-state index in [0.717, 1.165) is 32.1 Å². The number of nitrogens with zero attached hydrogens (tertiary/aromatic N) is 1. The second kappa shape index (κ2) is 5.22. The number of carboxylic acid groups (broad SMARTS) is 1. The summed E-state index contributed by atoms with van der Waals surface area (Å²) in [6, 6.07) is -0.645. The Hall–Kier alpha value is -0.750. The van der Waals surface area contributed by atoms with Crippen LogP contribution < -0.4 is 5.73 Å². The highest BCUT2D eigenvalue weighted by Gasteiger charge is 2.49. The Kier molecular flexibility index (Phi) is 3.71. The molecule has 2 atom stereocenters. The van der Waals surface area contributed by atoms with E-state index in [2.05, 4.69) is 0 Å². The number of hydrogen-bond acceptors (Lipinski definition) is 4. The molecule has 2 saturated carbocycles. The Morgan fingerprint density at radius 1 is 1.35 bits per heavy atom. The van der Waals surface area contributed by atoms with Gasteiger partial charge < -0.3 is 15.7 Å². The van der Waals surface area contributed by atoms with E-state index in [4.69, 9.17) is 5.73 Å². The van der Waals surface area contributed by atoms with Gasteiger partial charge in [-0.05, 0) is 43.6 Å². The first-order valence-electron chi connectivity index (χ1n) is 7.42. The van der Waals surface area contributed by atoms with Crippen molar-refractivity contribution in [3.8, 4) is 0 Å². The third kappa shape index (κ3) is 2.44. The van der Waals surface area contributed by atoms with Crippen LogP contribution >= 0.6 is 11.8 Å². The minimum atomic E-state index is -0.871. The van der Waals surface area contributed by atoms with Gasteiger partial charge in [0, 0.05) is 12.2 Å². The van der Waals surface area contributed by atoms with Crippen molar-refractivity contribution in [3.63, 3.8) is 0 Å². The summed E-state index contributed by atoms with van der Waals surface area (Å²) in [6.45, 7) is 0.533. The molecule has 1 aliphatic heterocycles. The summed E-state index contributed by atoms with van der Waals surface area (Å²) in [6.07, 6.45) is 5.81. The van der Waals surface area contributed by atoms with Gasteiger partial charge in [-0.1, -0.05) is 6.42 Å². The van der Waals surface area contributed by atoms with Crippen LogP contribution in [0.1, 0.15) is 38.5 Å². The molecule has 1 amide bonds. The molecule has 1 heterocycles. The van der Waals surface area contributed by atoms with Gasteiger partial charge in [0.05, 0.1) is 5.37 Å². The van der Waals surface area contributed by atoms with Crippen LogP contribution in [-0.2, 0) is 9.59 Å². The van der Waals surface area contributed by atoms with Crippen molar-refractivity contribution >= 4 is 23.6 Å². The van der Waals surface area contributed by atoms with E-state index in [1.807, 2.05) is 0 Å². The molecule has 1 saturated heterocycles. The van der Waals surface area contributed by atoms with Gasteiger partial charge in [0.1, 0.15) is 6.04 Å². The summed E-state index contributed by atoms with van der Waals surface area (Å²) in [5, 5.41) is 9.43. The van der Waals surface area contributed by atoms with Gasteiger partial charge in [0.15, 0.2) is 0 Å². The Labute approximate surface area is 123 Å². The number of thioether (sulfide) groups is 1. The van der Waals surface area contributed by atoms with Crippen molar-refractivity contribution in [3.05, 3.63) is 0 Å². The molecule has 3 aliphatic rings. The van der Waals surface area contributed by atoms with Gasteiger partial charge in [-0.2, -0.15) is 0 Å². The summed E-state index contributed by atoms with van der Waals surface area (Å²) >= 11 is 1.64. The predicted molar refractivity (Wildman–Crippen MR) is 77.2 cm³/mol. The van der Waals surface area contributed by atoms with Crippen molar-refractivity contribution in [2.24, 2.45) is 17.1 Å². The number of carbonyl (C=O) groups is 2. The molecular formula is C14H22N2O3S. The minimum absolute atomic E-state index is 0.00412. The second-order valence-electron chi connectivity index (χ2n) is 6.45. The van der Waals surface area contributed by atoms with E-state index >= 15 is 0 Å². The van der Waals surface area contributed by atoms with Crippen LogP contribution in [0.3, 0.4) is 0 Å². The van der Waals surface area contributed by atoms with E-state index in [0.29, 0.717) is 24.6 Å². The second-order valence-corrected chi connectivity index (χ2v) is 7.60. The number of hydrogen-bond donors (Lipinski definition) is 2. The molecule has 0 bridgehead atoms. The lowest BCUT2D eigenvalue weighted by Gasteiger charge is -2.42. The van der Waals surface area contributed by atoms with Crippen molar-refractivity contribution in [1.82, 2.24) is 4.90 Å². The Morgan fingerprint density at radius 2 is 2.05 bits per heavy atom. The number of rotatable bonds is 5. The van der Waals surface area contributed by atoms with Crippen LogP contribution in [0.4, 0.5) is 0 Å². The Bertz CT molecular complexity index is 415. The van der Waals surface area contributed by atoms with Crippen LogP contribution in [-0.4, -0.2) is 45.6 Å². The van der Waals surface area contributed by atoms with Crippen molar-refractivity contribution in [2.45, 2.75) is 49.9 Å². The molecule has 3 N–H and O–H groups in total. The van der Waals surface area contributed by atoms with E-state index in [9.17, 15) is 14.7 Å².